The van der Waals surface area contributed by atoms with Gasteiger partial charge in [-0.3, -0.25) is 4.72 Å². The number of halogens is 1. The highest BCUT2D eigenvalue weighted by Crippen LogP contribution is 2.28. The van der Waals surface area contributed by atoms with Gasteiger partial charge < -0.3 is 4.98 Å². The van der Waals surface area contributed by atoms with E-state index in [1.807, 2.05) is 24.3 Å². The Hall–Kier alpha value is -3.34. The number of benzene rings is 3. The smallest absolute Gasteiger partial charge is 0.261 e. The zero-order valence-corrected chi connectivity index (χ0v) is 15.9. The maximum Gasteiger partial charge on any atom is 0.261 e. The molecule has 4 rings (SSSR count). The van der Waals surface area contributed by atoms with Crippen LogP contribution in [0.1, 0.15) is 5.56 Å². The second-order valence-corrected chi connectivity index (χ2v) is 8.13. The quantitative estimate of drug-likeness (QED) is 0.517. The molecule has 0 amide bonds. The largest absolute Gasteiger partial charge is 0.338 e. The van der Waals surface area contributed by atoms with Crippen molar-refractivity contribution in [3.05, 3.63) is 77.3 Å². The van der Waals surface area contributed by atoms with Crippen molar-refractivity contribution in [2.45, 2.75) is 4.90 Å². The molecule has 0 bridgehead atoms. The maximum absolute atomic E-state index is 12.6. The Balaban J connectivity index is 1.66. The molecule has 0 saturated carbocycles. The van der Waals surface area contributed by atoms with E-state index in [0.717, 1.165) is 5.56 Å². The number of H-pyrrole nitrogens is 1. The standard InChI is InChI=1S/C20H13ClN4O2S/c21-17-4-2-1-3-16(17)20-23-18-10-7-14(11-19(18)24-20)25-28(26,27)15-8-5-13(12-22)6-9-15/h1-11,25H,(H,23,24). The van der Waals surface area contributed by atoms with Gasteiger partial charge in [-0.15, -0.1) is 0 Å². The van der Waals surface area contributed by atoms with Gasteiger partial charge in [-0.05, 0) is 54.6 Å². The summed E-state index contributed by atoms with van der Waals surface area (Å²) in [6.45, 7) is 0. The summed E-state index contributed by atoms with van der Waals surface area (Å²) in [7, 11) is -3.77. The third-order valence-corrected chi connectivity index (χ3v) is 5.88. The molecule has 1 aromatic heterocycles. The van der Waals surface area contributed by atoms with Crippen LogP contribution in [0.5, 0.6) is 0 Å². The number of nitrogens with zero attached hydrogens (tertiary/aromatic N) is 2. The molecule has 0 unspecified atom stereocenters. The Morgan fingerprint density at radius 2 is 1.79 bits per heavy atom. The minimum absolute atomic E-state index is 0.0768. The van der Waals surface area contributed by atoms with Crippen molar-refractivity contribution in [2.24, 2.45) is 0 Å². The summed E-state index contributed by atoms with van der Waals surface area (Å²) in [6, 6.07) is 20.0. The lowest BCUT2D eigenvalue weighted by atomic mass is 10.2. The molecule has 8 heteroatoms. The van der Waals surface area contributed by atoms with E-state index in [1.165, 1.54) is 24.3 Å². The summed E-state index contributed by atoms with van der Waals surface area (Å²) < 4.78 is 27.7. The van der Waals surface area contributed by atoms with E-state index in [9.17, 15) is 8.42 Å². The van der Waals surface area contributed by atoms with Gasteiger partial charge in [0.2, 0.25) is 0 Å². The Kier molecular flexibility index (Phi) is 4.51. The lowest BCUT2D eigenvalue weighted by Gasteiger charge is -2.08. The number of aromatic amines is 1. The number of rotatable bonds is 4. The predicted molar refractivity (Wildman–Crippen MR) is 109 cm³/mol. The number of sulfonamides is 1. The van der Waals surface area contributed by atoms with Gasteiger partial charge in [0.1, 0.15) is 5.82 Å². The first-order valence-corrected chi connectivity index (χ1v) is 10.1. The van der Waals surface area contributed by atoms with Crippen LogP contribution in [0.3, 0.4) is 0 Å². The molecule has 2 N–H and O–H groups in total. The van der Waals surface area contributed by atoms with E-state index >= 15 is 0 Å². The Labute approximate surface area is 166 Å². The Bertz CT molecular complexity index is 1320. The molecule has 6 nitrogen and oxygen atoms in total. The van der Waals surface area contributed by atoms with E-state index in [1.54, 1.807) is 24.3 Å². The lowest BCUT2D eigenvalue weighted by molar-refractivity contribution is 0.601. The van der Waals surface area contributed by atoms with Crippen molar-refractivity contribution in [3.8, 4) is 17.5 Å². The maximum atomic E-state index is 12.6. The average molecular weight is 409 g/mol. The Morgan fingerprint density at radius 1 is 1.04 bits per heavy atom. The van der Waals surface area contributed by atoms with Gasteiger partial charge in [-0.25, -0.2) is 13.4 Å². The molecule has 0 aliphatic heterocycles. The normalized spacial score (nSPS) is 11.3. The molecule has 0 aliphatic carbocycles. The van der Waals surface area contributed by atoms with Crippen LogP contribution in [0.25, 0.3) is 22.4 Å². The average Bonchev–Trinajstić information content (AvgIpc) is 3.11. The van der Waals surface area contributed by atoms with Crippen molar-refractivity contribution in [1.29, 1.82) is 5.26 Å². The highest BCUT2D eigenvalue weighted by molar-refractivity contribution is 7.92. The van der Waals surface area contributed by atoms with E-state index in [0.29, 0.717) is 33.1 Å². The number of hydrogen-bond acceptors (Lipinski definition) is 4. The van der Waals surface area contributed by atoms with Crippen molar-refractivity contribution in [2.75, 3.05) is 4.72 Å². The molecule has 0 fully saturated rings. The number of nitrogens with one attached hydrogen (secondary N) is 2. The number of fused-ring (bicyclic) bond motifs is 1. The molecule has 0 aliphatic rings. The molecule has 4 aromatic rings. The molecule has 1 heterocycles. The summed E-state index contributed by atoms with van der Waals surface area (Å²) >= 11 is 6.22. The molecular weight excluding hydrogens is 396 g/mol. The van der Waals surface area contributed by atoms with Gasteiger partial charge in [0, 0.05) is 5.56 Å². The topological polar surface area (TPSA) is 98.6 Å². The SMILES string of the molecule is N#Cc1ccc(S(=O)(=O)Nc2ccc3nc(-c4ccccc4Cl)[nH]c3c2)cc1. The molecule has 0 saturated heterocycles. The molecule has 3 aromatic carbocycles. The van der Waals surface area contributed by atoms with Gasteiger partial charge in [0.15, 0.2) is 0 Å². The zero-order valence-electron chi connectivity index (χ0n) is 14.3. The van der Waals surface area contributed by atoms with Crippen molar-refractivity contribution < 1.29 is 8.42 Å². The number of imidazole rings is 1. The molecule has 138 valence electrons. The molecule has 0 atom stereocenters. The van der Waals surface area contributed by atoms with Crippen molar-refractivity contribution in [3.63, 3.8) is 0 Å². The zero-order chi connectivity index (χ0) is 19.7. The van der Waals surface area contributed by atoms with Crippen LogP contribution in [0.2, 0.25) is 5.02 Å². The van der Waals surface area contributed by atoms with Gasteiger partial charge >= 0.3 is 0 Å². The first kappa shape index (κ1) is 18.0. The minimum Gasteiger partial charge on any atom is -0.338 e. The van der Waals surface area contributed by atoms with Gasteiger partial charge in [0.25, 0.3) is 10.0 Å². The summed E-state index contributed by atoms with van der Waals surface area (Å²) in [5.41, 5.74) is 2.92. The van der Waals surface area contributed by atoms with Gasteiger partial charge in [0.05, 0.1) is 38.3 Å². The summed E-state index contributed by atoms with van der Waals surface area (Å²) in [5, 5.41) is 9.41. The van der Waals surface area contributed by atoms with Crippen LogP contribution in [-0.2, 0) is 10.0 Å². The van der Waals surface area contributed by atoms with Crippen LogP contribution in [0, 0.1) is 11.3 Å². The second kappa shape index (κ2) is 7.00. The lowest BCUT2D eigenvalue weighted by Crippen LogP contribution is -2.12. The van der Waals surface area contributed by atoms with Gasteiger partial charge in [-0.2, -0.15) is 5.26 Å². The van der Waals surface area contributed by atoms with Crippen LogP contribution in [-0.4, -0.2) is 18.4 Å². The molecular formula is C20H13ClN4O2S. The van der Waals surface area contributed by atoms with E-state index in [2.05, 4.69) is 14.7 Å². The molecule has 0 radical (unpaired) electrons. The minimum atomic E-state index is -3.77. The third kappa shape index (κ3) is 3.43. The number of aromatic nitrogens is 2. The summed E-state index contributed by atoms with van der Waals surface area (Å²) in [6.07, 6.45) is 0. The number of anilines is 1. The van der Waals surface area contributed by atoms with Crippen LogP contribution < -0.4 is 4.72 Å². The Morgan fingerprint density at radius 3 is 2.50 bits per heavy atom. The predicted octanol–water partition coefficient (Wildman–Crippen LogP) is 4.56. The highest BCUT2D eigenvalue weighted by atomic mass is 35.5. The van der Waals surface area contributed by atoms with Crippen molar-refractivity contribution in [1.82, 2.24) is 9.97 Å². The molecule has 0 spiro atoms. The first-order valence-electron chi connectivity index (χ1n) is 8.24. The molecule has 28 heavy (non-hydrogen) atoms. The fraction of sp³-hybridized carbons (Fsp3) is 0. The summed E-state index contributed by atoms with van der Waals surface area (Å²) in [4.78, 5) is 7.75. The van der Waals surface area contributed by atoms with E-state index < -0.39 is 10.0 Å². The fourth-order valence-corrected chi connectivity index (χ4v) is 4.05. The first-order chi connectivity index (χ1) is 13.5. The van der Waals surface area contributed by atoms with E-state index in [-0.39, 0.29) is 4.90 Å². The number of hydrogen-bond donors (Lipinski definition) is 2. The van der Waals surface area contributed by atoms with Crippen LogP contribution >= 0.6 is 11.6 Å². The van der Waals surface area contributed by atoms with Crippen LogP contribution in [0.15, 0.2) is 71.6 Å². The monoisotopic (exact) mass is 408 g/mol. The van der Waals surface area contributed by atoms with Crippen molar-refractivity contribution >= 4 is 38.3 Å². The van der Waals surface area contributed by atoms with Crippen LogP contribution in [0.4, 0.5) is 5.69 Å². The summed E-state index contributed by atoms with van der Waals surface area (Å²) in [5.74, 6) is 0.604. The highest BCUT2D eigenvalue weighted by Gasteiger charge is 2.15. The van der Waals surface area contributed by atoms with Gasteiger partial charge in [-0.1, -0.05) is 23.7 Å². The number of nitriles is 1. The second-order valence-electron chi connectivity index (χ2n) is 6.04. The van der Waals surface area contributed by atoms with E-state index in [4.69, 9.17) is 16.9 Å². The third-order valence-electron chi connectivity index (χ3n) is 4.16. The fourth-order valence-electron chi connectivity index (χ4n) is 2.78.